The fraction of sp³-hybridized carbons (Fsp3) is 0.0545. The molecule has 0 unspecified atom stereocenters. The number of para-hydroxylation sites is 1. The Hall–Kier alpha value is -7.16. The molecule has 1 aliphatic carbocycles. The van der Waals surface area contributed by atoms with Crippen LogP contribution < -0.4 is 4.90 Å². The fourth-order valence-electron chi connectivity index (χ4n) is 9.28. The molecule has 0 bridgehead atoms. The van der Waals surface area contributed by atoms with Crippen LogP contribution in [0, 0.1) is 0 Å². The summed E-state index contributed by atoms with van der Waals surface area (Å²) in [6.45, 7) is 4.71. The normalized spacial score (nSPS) is 12.9. The van der Waals surface area contributed by atoms with Crippen molar-refractivity contribution in [3.05, 3.63) is 211 Å². The molecule has 11 rings (SSSR count). The molecule has 57 heavy (non-hydrogen) atoms. The second-order valence-corrected chi connectivity index (χ2v) is 15.7. The molecule has 0 aliphatic heterocycles. The van der Waals surface area contributed by atoms with Gasteiger partial charge in [-0.05, 0) is 97.7 Å². The van der Waals surface area contributed by atoms with E-state index in [1.165, 1.54) is 44.2 Å². The Bertz CT molecular complexity index is 3090. The van der Waals surface area contributed by atoms with Crippen LogP contribution in [0.25, 0.3) is 77.2 Å². The minimum Gasteiger partial charge on any atom is -0.456 e. The number of furan rings is 1. The maximum atomic E-state index is 6.59. The van der Waals surface area contributed by atoms with E-state index >= 15 is 0 Å². The Morgan fingerprint density at radius 2 is 0.930 bits per heavy atom. The van der Waals surface area contributed by atoms with E-state index in [1.807, 2.05) is 6.07 Å². The standard InChI is InChI=1S/C55H39NO/c1-55(2)50-26-13-11-23-44(50)45-30-28-40(34-51(45)55)56(41-29-31-47-46-24-12-14-27-52(46)57-53(47)35-41)54-48(37-16-5-3-6-17-37)32-39(33-49(54)38-18-7-4-8-19-38)43-25-15-21-36-20-9-10-22-42(36)43/h3-35H,1-2H3. The number of hydrogen-bond donors (Lipinski definition) is 0. The number of benzene rings is 9. The zero-order valence-corrected chi connectivity index (χ0v) is 31.9. The molecule has 1 aromatic heterocycles. The summed E-state index contributed by atoms with van der Waals surface area (Å²) in [5.74, 6) is 0. The van der Waals surface area contributed by atoms with Crippen molar-refractivity contribution in [2.24, 2.45) is 0 Å². The van der Waals surface area contributed by atoms with Gasteiger partial charge in [0.2, 0.25) is 0 Å². The molecular weight excluding hydrogens is 691 g/mol. The third-order valence-corrected chi connectivity index (χ3v) is 12.0. The van der Waals surface area contributed by atoms with Gasteiger partial charge in [-0.1, -0.05) is 166 Å². The number of anilines is 3. The molecule has 2 nitrogen and oxygen atoms in total. The van der Waals surface area contributed by atoms with Crippen molar-refractivity contribution in [2.75, 3.05) is 4.90 Å². The van der Waals surface area contributed by atoms with Crippen molar-refractivity contribution >= 4 is 49.8 Å². The smallest absolute Gasteiger partial charge is 0.137 e. The van der Waals surface area contributed by atoms with Gasteiger partial charge < -0.3 is 9.32 Å². The monoisotopic (exact) mass is 729 g/mol. The summed E-state index contributed by atoms with van der Waals surface area (Å²) in [6.07, 6.45) is 0. The first-order valence-corrected chi connectivity index (χ1v) is 19.8. The summed E-state index contributed by atoms with van der Waals surface area (Å²) in [4.78, 5) is 2.48. The van der Waals surface area contributed by atoms with Gasteiger partial charge in [-0.3, -0.25) is 0 Å². The molecule has 0 fully saturated rings. The number of nitrogens with zero attached hydrogens (tertiary/aromatic N) is 1. The predicted molar refractivity (Wildman–Crippen MR) is 240 cm³/mol. The highest BCUT2D eigenvalue weighted by molar-refractivity contribution is 6.08. The first-order valence-electron chi connectivity index (χ1n) is 19.8. The van der Waals surface area contributed by atoms with Gasteiger partial charge in [0.1, 0.15) is 11.2 Å². The summed E-state index contributed by atoms with van der Waals surface area (Å²) >= 11 is 0. The van der Waals surface area contributed by atoms with Crippen LogP contribution in [0.2, 0.25) is 0 Å². The highest BCUT2D eigenvalue weighted by Crippen LogP contribution is 2.53. The molecule has 0 spiro atoms. The molecule has 0 saturated heterocycles. The largest absolute Gasteiger partial charge is 0.456 e. The van der Waals surface area contributed by atoms with E-state index in [1.54, 1.807) is 0 Å². The number of rotatable bonds is 6. The molecule has 270 valence electrons. The lowest BCUT2D eigenvalue weighted by Gasteiger charge is -2.32. The lowest BCUT2D eigenvalue weighted by Crippen LogP contribution is -2.17. The highest BCUT2D eigenvalue weighted by atomic mass is 16.3. The first-order chi connectivity index (χ1) is 28.0. The second kappa shape index (κ2) is 13.0. The molecule has 10 aromatic rings. The molecule has 0 saturated carbocycles. The maximum Gasteiger partial charge on any atom is 0.137 e. The van der Waals surface area contributed by atoms with Crippen LogP contribution in [0.5, 0.6) is 0 Å². The van der Waals surface area contributed by atoms with Gasteiger partial charge in [0.05, 0.1) is 5.69 Å². The molecule has 2 heteroatoms. The molecule has 0 radical (unpaired) electrons. The zero-order valence-electron chi connectivity index (χ0n) is 31.9. The van der Waals surface area contributed by atoms with Crippen molar-refractivity contribution in [3.63, 3.8) is 0 Å². The van der Waals surface area contributed by atoms with Crippen molar-refractivity contribution in [3.8, 4) is 44.5 Å². The molecule has 1 aliphatic rings. The average molecular weight is 730 g/mol. The van der Waals surface area contributed by atoms with Gasteiger partial charge in [-0.2, -0.15) is 0 Å². The third-order valence-electron chi connectivity index (χ3n) is 12.0. The number of hydrogen-bond acceptors (Lipinski definition) is 2. The van der Waals surface area contributed by atoms with E-state index in [-0.39, 0.29) is 5.41 Å². The summed E-state index contributed by atoms with van der Waals surface area (Å²) in [5, 5.41) is 4.69. The van der Waals surface area contributed by atoms with E-state index < -0.39 is 0 Å². The van der Waals surface area contributed by atoms with Crippen molar-refractivity contribution in [1.82, 2.24) is 0 Å². The fourth-order valence-corrected chi connectivity index (χ4v) is 9.28. The van der Waals surface area contributed by atoms with Crippen LogP contribution in [-0.2, 0) is 5.41 Å². The van der Waals surface area contributed by atoms with E-state index in [2.05, 4.69) is 213 Å². The zero-order chi connectivity index (χ0) is 38.1. The maximum absolute atomic E-state index is 6.59. The molecule has 0 atom stereocenters. The summed E-state index contributed by atoms with van der Waals surface area (Å²) in [6, 6.07) is 72.9. The lowest BCUT2D eigenvalue weighted by molar-refractivity contribution is 0.660. The van der Waals surface area contributed by atoms with Gasteiger partial charge in [-0.25, -0.2) is 0 Å². The van der Waals surface area contributed by atoms with Crippen LogP contribution >= 0.6 is 0 Å². The minimum atomic E-state index is -0.168. The van der Waals surface area contributed by atoms with Crippen LogP contribution in [0.15, 0.2) is 205 Å². The van der Waals surface area contributed by atoms with E-state index in [9.17, 15) is 0 Å². The molecule has 9 aromatic carbocycles. The Morgan fingerprint density at radius 1 is 0.368 bits per heavy atom. The Labute approximate surface area is 332 Å². The van der Waals surface area contributed by atoms with E-state index in [0.717, 1.165) is 61.3 Å². The molecule has 0 N–H and O–H groups in total. The lowest BCUT2D eigenvalue weighted by atomic mass is 9.82. The summed E-state index contributed by atoms with van der Waals surface area (Å²) < 4.78 is 6.59. The van der Waals surface area contributed by atoms with E-state index in [0.29, 0.717) is 0 Å². The third kappa shape index (κ3) is 5.33. The second-order valence-electron chi connectivity index (χ2n) is 15.7. The number of fused-ring (bicyclic) bond motifs is 7. The average Bonchev–Trinajstić information content (AvgIpc) is 3.75. The topological polar surface area (TPSA) is 16.4 Å². The van der Waals surface area contributed by atoms with Crippen LogP contribution in [0.4, 0.5) is 17.1 Å². The Morgan fingerprint density at radius 3 is 1.70 bits per heavy atom. The van der Waals surface area contributed by atoms with Crippen LogP contribution in [0.1, 0.15) is 25.0 Å². The minimum absolute atomic E-state index is 0.168. The molecular formula is C55H39NO. The van der Waals surface area contributed by atoms with Crippen molar-refractivity contribution < 1.29 is 4.42 Å². The van der Waals surface area contributed by atoms with Gasteiger partial charge in [0.15, 0.2) is 0 Å². The van der Waals surface area contributed by atoms with Gasteiger partial charge in [0.25, 0.3) is 0 Å². The molecule has 0 amide bonds. The summed E-state index contributed by atoms with van der Waals surface area (Å²) in [7, 11) is 0. The first kappa shape index (κ1) is 33.2. The van der Waals surface area contributed by atoms with Crippen molar-refractivity contribution in [1.29, 1.82) is 0 Å². The van der Waals surface area contributed by atoms with E-state index in [4.69, 9.17) is 4.42 Å². The summed E-state index contributed by atoms with van der Waals surface area (Å²) in [5.41, 5.74) is 17.1. The predicted octanol–water partition coefficient (Wildman–Crippen LogP) is 15.5. The van der Waals surface area contributed by atoms with Gasteiger partial charge >= 0.3 is 0 Å². The SMILES string of the molecule is CC1(C)c2ccccc2-c2ccc(N(c3ccc4c(c3)oc3ccccc34)c3c(-c4ccccc4)cc(-c4cccc5ccccc45)cc3-c3ccccc3)cc21. The Balaban J connectivity index is 1.25. The van der Waals surface area contributed by atoms with Gasteiger partial charge in [-0.15, -0.1) is 0 Å². The Kier molecular flexibility index (Phi) is 7.55. The van der Waals surface area contributed by atoms with Gasteiger partial charge in [0, 0.05) is 44.8 Å². The van der Waals surface area contributed by atoms with Crippen LogP contribution in [0.3, 0.4) is 0 Å². The molecule has 1 heterocycles. The van der Waals surface area contributed by atoms with Crippen molar-refractivity contribution in [2.45, 2.75) is 19.3 Å². The highest BCUT2D eigenvalue weighted by Gasteiger charge is 2.36. The van der Waals surface area contributed by atoms with Crippen LogP contribution in [-0.4, -0.2) is 0 Å². The quantitative estimate of drug-likeness (QED) is 0.169.